The highest BCUT2D eigenvalue weighted by Crippen LogP contribution is 2.76. The van der Waals surface area contributed by atoms with E-state index in [4.69, 9.17) is 0 Å². The Bertz CT molecular complexity index is 974. The van der Waals surface area contributed by atoms with Crippen molar-refractivity contribution in [1.82, 2.24) is 0 Å². The number of carbonyl (C=O) groups excluding carboxylic acids is 2. The number of fused-ring (bicyclic) bond motifs is 3. The van der Waals surface area contributed by atoms with Crippen molar-refractivity contribution >= 4 is 12.6 Å². The molecular weight excluding hydrogens is 432 g/mol. The summed E-state index contributed by atoms with van der Waals surface area (Å²) in [6.07, 6.45) is 4.71. The number of aromatic hydroxyl groups is 3. The normalized spacial score (nSPS) is 36.9. The summed E-state index contributed by atoms with van der Waals surface area (Å²) >= 11 is 0. The van der Waals surface area contributed by atoms with Crippen LogP contribution in [0.5, 0.6) is 17.2 Å². The molecule has 0 heterocycles. The number of phenolic OH excluding ortho intramolecular Hbond substituents is 3. The molecule has 4 rings (SSSR count). The molecule has 0 bridgehead atoms. The third-order valence-electron chi connectivity index (χ3n) is 10.1. The fourth-order valence-electron chi connectivity index (χ4n) is 8.23. The van der Waals surface area contributed by atoms with Crippen molar-refractivity contribution in [3.8, 4) is 17.2 Å². The number of benzene rings is 1. The minimum Gasteiger partial charge on any atom is -0.507 e. The zero-order valence-electron chi connectivity index (χ0n) is 21.3. The van der Waals surface area contributed by atoms with Crippen LogP contribution in [0.25, 0.3) is 0 Å². The topological polar surface area (TPSA) is 115 Å². The number of hydrogen-bond acceptors (Lipinski definition) is 6. The van der Waals surface area contributed by atoms with Gasteiger partial charge in [-0.25, -0.2) is 0 Å². The Morgan fingerprint density at radius 3 is 1.88 bits per heavy atom. The van der Waals surface area contributed by atoms with Gasteiger partial charge in [-0.1, -0.05) is 34.6 Å². The van der Waals surface area contributed by atoms with Gasteiger partial charge in [0.05, 0.1) is 16.7 Å². The first-order valence-electron chi connectivity index (χ1n) is 12.7. The molecule has 1 aromatic carbocycles. The standard InChI is InChI=1S/C28H40O6/c1-14(2)11-19(20-24(32)15(12-29)23(31)16(13-30)25(20)33)27(5)9-7-18-22(27)21-17(26(21,3)4)8-10-28(18,6)34/h12-14,17-19,21-22,31-34H,7-11H2,1-6H3/t17-,18+,19+,21-,22-,27-,28+/m0/s1. The molecule has 0 aliphatic heterocycles. The van der Waals surface area contributed by atoms with Gasteiger partial charge in [-0.05, 0) is 85.4 Å². The van der Waals surface area contributed by atoms with Gasteiger partial charge < -0.3 is 20.4 Å². The second-order valence-corrected chi connectivity index (χ2v) is 12.7. The molecule has 3 saturated carbocycles. The molecule has 188 valence electrons. The highest BCUT2D eigenvalue weighted by Gasteiger charge is 2.70. The summed E-state index contributed by atoms with van der Waals surface area (Å²) in [4.78, 5) is 23.6. The van der Waals surface area contributed by atoms with E-state index in [0.717, 1.165) is 25.7 Å². The highest BCUT2D eigenvalue weighted by molar-refractivity contribution is 5.95. The zero-order valence-corrected chi connectivity index (χ0v) is 21.3. The maximum absolute atomic E-state index is 11.8. The molecule has 0 saturated heterocycles. The van der Waals surface area contributed by atoms with E-state index in [-0.39, 0.29) is 51.2 Å². The fourth-order valence-corrected chi connectivity index (χ4v) is 8.23. The molecule has 0 unspecified atom stereocenters. The van der Waals surface area contributed by atoms with Crippen molar-refractivity contribution in [3.05, 3.63) is 16.7 Å². The summed E-state index contributed by atoms with van der Waals surface area (Å²) < 4.78 is 0. The van der Waals surface area contributed by atoms with E-state index in [1.807, 2.05) is 6.92 Å². The maximum atomic E-state index is 11.8. The van der Waals surface area contributed by atoms with Crippen LogP contribution in [0, 0.1) is 40.4 Å². The van der Waals surface area contributed by atoms with E-state index in [1.54, 1.807) is 0 Å². The second-order valence-electron chi connectivity index (χ2n) is 12.7. The first kappa shape index (κ1) is 25.0. The van der Waals surface area contributed by atoms with Gasteiger partial charge in [0.25, 0.3) is 0 Å². The van der Waals surface area contributed by atoms with Crippen molar-refractivity contribution in [3.63, 3.8) is 0 Å². The lowest BCUT2D eigenvalue weighted by molar-refractivity contribution is -0.0441. The van der Waals surface area contributed by atoms with E-state index >= 15 is 0 Å². The largest absolute Gasteiger partial charge is 0.507 e. The Labute approximate surface area is 202 Å². The summed E-state index contributed by atoms with van der Waals surface area (Å²) in [5, 5.41) is 44.1. The lowest BCUT2D eigenvalue weighted by atomic mass is 9.59. The van der Waals surface area contributed by atoms with Gasteiger partial charge >= 0.3 is 0 Å². The van der Waals surface area contributed by atoms with Crippen molar-refractivity contribution in [2.45, 2.75) is 85.2 Å². The smallest absolute Gasteiger partial charge is 0.157 e. The fraction of sp³-hybridized carbons (Fsp3) is 0.714. The first-order chi connectivity index (χ1) is 15.7. The SMILES string of the molecule is CC(C)C[C@H](c1c(O)c(C=O)c(O)c(C=O)c1O)[C@]1(C)CC[C@@H]2[C@H]1[C@@H]1[C@H](CC[C@@]2(C)O)C1(C)C. The average Bonchev–Trinajstić information content (AvgIpc) is 3.13. The van der Waals surface area contributed by atoms with Gasteiger partial charge in [0.15, 0.2) is 12.6 Å². The molecule has 7 atom stereocenters. The number of phenols is 3. The molecule has 3 aliphatic rings. The van der Waals surface area contributed by atoms with Crippen LogP contribution >= 0.6 is 0 Å². The summed E-state index contributed by atoms with van der Waals surface area (Å²) in [5.74, 6) is -0.524. The third kappa shape index (κ3) is 3.39. The van der Waals surface area contributed by atoms with Gasteiger partial charge in [0.2, 0.25) is 0 Å². The number of aliphatic hydroxyl groups is 1. The second kappa shape index (κ2) is 7.97. The van der Waals surface area contributed by atoms with E-state index < -0.39 is 22.8 Å². The van der Waals surface area contributed by atoms with Crippen LogP contribution in [0.1, 0.15) is 106 Å². The molecular formula is C28H40O6. The van der Waals surface area contributed by atoms with Crippen LogP contribution in [0.4, 0.5) is 0 Å². The van der Waals surface area contributed by atoms with Crippen LogP contribution in [0.15, 0.2) is 0 Å². The Kier molecular flexibility index (Phi) is 5.87. The maximum Gasteiger partial charge on any atom is 0.157 e. The van der Waals surface area contributed by atoms with Crippen molar-refractivity contribution < 1.29 is 30.0 Å². The monoisotopic (exact) mass is 472 g/mol. The minimum atomic E-state index is -0.782. The van der Waals surface area contributed by atoms with Crippen LogP contribution in [0.3, 0.4) is 0 Å². The Morgan fingerprint density at radius 2 is 1.38 bits per heavy atom. The van der Waals surface area contributed by atoms with E-state index in [9.17, 15) is 30.0 Å². The van der Waals surface area contributed by atoms with Gasteiger partial charge in [0.1, 0.15) is 17.2 Å². The molecule has 6 heteroatoms. The number of rotatable bonds is 6. The van der Waals surface area contributed by atoms with E-state index in [2.05, 4.69) is 34.6 Å². The molecule has 34 heavy (non-hydrogen) atoms. The zero-order chi connectivity index (χ0) is 25.4. The van der Waals surface area contributed by atoms with Crippen molar-refractivity contribution in [2.75, 3.05) is 0 Å². The molecule has 6 nitrogen and oxygen atoms in total. The number of aldehydes is 2. The van der Waals surface area contributed by atoms with Crippen LogP contribution in [-0.2, 0) is 0 Å². The number of hydrogen-bond donors (Lipinski definition) is 4. The molecule has 0 aromatic heterocycles. The van der Waals surface area contributed by atoms with Gasteiger partial charge in [-0.3, -0.25) is 9.59 Å². The minimum absolute atomic E-state index is 0.0985. The summed E-state index contributed by atoms with van der Waals surface area (Å²) in [6.45, 7) is 12.9. The predicted octanol–water partition coefficient (Wildman–Crippen LogP) is 5.41. The summed E-state index contributed by atoms with van der Waals surface area (Å²) in [6, 6.07) is 0. The van der Waals surface area contributed by atoms with Crippen molar-refractivity contribution in [1.29, 1.82) is 0 Å². The lowest BCUT2D eigenvalue weighted by Gasteiger charge is -2.45. The lowest BCUT2D eigenvalue weighted by Crippen LogP contribution is -2.42. The predicted molar refractivity (Wildman–Crippen MR) is 129 cm³/mol. The molecule has 0 radical (unpaired) electrons. The summed E-state index contributed by atoms with van der Waals surface area (Å²) in [7, 11) is 0. The van der Waals surface area contributed by atoms with E-state index in [1.165, 1.54) is 0 Å². The molecule has 4 N–H and O–H groups in total. The van der Waals surface area contributed by atoms with Crippen LogP contribution < -0.4 is 0 Å². The Balaban J connectivity index is 1.94. The molecule has 3 fully saturated rings. The molecule has 0 spiro atoms. The Morgan fingerprint density at radius 1 is 0.853 bits per heavy atom. The quantitative estimate of drug-likeness (QED) is 0.412. The third-order valence-corrected chi connectivity index (χ3v) is 10.1. The Hall–Kier alpha value is -2.08. The van der Waals surface area contributed by atoms with Gasteiger partial charge in [0, 0.05) is 5.56 Å². The van der Waals surface area contributed by atoms with Crippen LogP contribution in [-0.4, -0.2) is 38.6 Å². The van der Waals surface area contributed by atoms with Gasteiger partial charge in [-0.15, -0.1) is 0 Å². The molecule has 3 aliphatic carbocycles. The number of carbonyl (C=O) groups is 2. The molecule has 0 amide bonds. The highest BCUT2D eigenvalue weighted by atomic mass is 16.3. The van der Waals surface area contributed by atoms with Crippen LogP contribution in [0.2, 0.25) is 0 Å². The summed E-state index contributed by atoms with van der Waals surface area (Å²) in [5.41, 5.74) is -1.55. The van der Waals surface area contributed by atoms with E-state index in [0.29, 0.717) is 30.8 Å². The average molecular weight is 473 g/mol. The van der Waals surface area contributed by atoms with Crippen molar-refractivity contribution in [2.24, 2.45) is 40.4 Å². The first-order valence-corrected chi connectivity index (χ1v) is 12.7. The molecule has 1 aromatic rings. The van der Waals surface area contributed by atoms with Gasteiger partial charge in [-0.2, -0.15) is 0 Å².